The van der Waals surface area contributed by atoms with Crippen molar-refractivity contribution in [1.29, 1.82) is 0 Å². The maximum atomic E-state index is 9.66. The molecule has 0 radical (unpaired) electrons. The van der Waals surface area contributed by atoms with Gasteiger partial charge in [0.05, 0.1) is 11.6 Å². The summed E-state index contributed by atoms with van der Waals surface area (Å²) in [5.74, 6) is 0.510. The highest BCUT2D eigenvalue weighted by molar-refractivity contribution is 9.10. The van der Waals surface area contributed by atoms with E-state index in [1.807, 2.05) is 6.92 Å². The van der Waals surface area contributed by atoms with Gasteiger partial charge in [-0.25, -0.2) is 0 Å². The van der Waals surface area contributed by atoms with Gasteiger partial charge in [0.1, 0.15) is 0 Å². The van der Waals surface area contributed by atoms with E-state index in [1.54, 1.807) is 12.1 Å². The van der Waals surface area contributed by atoms with Crippen LogP contribution < -0.4 is 10.5 Å². The molecule has 3 nitrogen and oxygen atoms in total. The van der Waals surface area contributed by atoms with Crippen LogP contribution in [0.25, 0.3) is 0 Å². The number of halogens is 2. The largest absolute Gasteiger partial charge is 0.503 e. The molecule has 0 spiro atoms. The molecule has 0 fully saturated rings. The Kier molecular flexibility index (Phi) is 6.60. The monoisotopic (exact) mass is 321 g/mol. The van der Waals surface area contributed by atoms with Gasteiger partial charge in [0.2, 0.25) is 0 Å². The lowest BCUT2D eigenvalue weighted by Crippen LogP contribution is -2.10. The van der Waals surface area contributed by atoms with E-state index < -0.39 is 0 Å². The first kappa shape index (κ1) is 16.3. The molecule has 0 bridgehead atoms. The zero-order chi connectivity index (χ0) is 12.3. The first-order chi connectivity index (χ1) is 7.45. The third-order valence-corrected chi connectivity index (χ3v) is 2.87. The van der Waals surface area contributed by atoms with E-state index in [1.165, 1.54) is 7.11 Å². The highest BCUT2D eigenvalue weighted by Gasteiger charge is 2.13. The van der Waals surface area contributed by atoms with Crippen molar-refractivity contribution >= 4 is 28.3 Å². The number of rotatable bonds is 4. The molecule has 0 aliphatic heterocycles. The zero-order valence-electron chi connectivity index (χ0n) is 9.87. The summed E-state index contributed by atoms with van der Waals surface area (Å²) in [7, 11) is 1.51. The summed E-state index contributed by atoms with van der Waals surface area (Å²) in [5.41, 5.74) is 7.95. The van der Waals surface area contributed by atoms with Gasteiger partial charge in [-0.15, -0.1) is 19.0 Å². The van der Waals surface area contributed by atoms with Crippen molar-refractivity contribution in [2.75, 3.05) is 7.11 Å². The third kappa shape index (κ3) is 4.22. The topological polar surface area (TPSA) is 55.5 Å². The minimum atomic E-state index is -0.136. The number of phenols is 1. The molecule has 0 saturated heterocycles. The van der Waals surface area contributed by atoms with E-state index in [-0.39, 0.29) is 24.2 Å². The zero-order valence-corrected chi connectivity index (χ0v) is 12.3. The Balaban J connectivity index is 0.00000256. The number of benzene rings is 1. The van der Waals surface area contributed by atoms with E-state index in [4.69, 9.17) is 10.5 Å². The lowest BCUT2D eigenvalue weighted by Gasteiger charge is -2.15. The van der Waals surface area contributed by atoms with Crippen molar-refractivity contribution < 1.29 is 9.84 Å². The summed E-state index contributed by atoms with van der Waals surface area (Å²) in [6.45, 7) is 5.77. The summed E-state index contributed by atoms with van der Waals surface area (Å²) in [5, 5.41) is 9.66. The van der Waals surface area contributed by atoms with Crippen molar-refractivity contribution in [2.24, 2.45) is 5.73 Å². The van der Waals surface area contributed by atoms with Gasteiger partial charge in [-0.2, -0.15) is 0 Å². The summed E-state index contributed by atoms with van der Waals surface area (Å²) in [6, 6.07) is 3.40. The van der Waals surface area contributed by atoms with Crippen LogP contribution in [-0.2, 0) is 0 Å². The van der Waals surface area contributed by atoms with E-state index in [0.717, 1.165) is 11.1 Å². The maximum Gasteiger partial charge on any atom is 0.172 e. The number of aromatic hydroxyl groups is 1. The molecular formula is C12H17BrClNO2. The molecule has 0 amide bonds. The normalized spacial score (nSPS) is 11.5. The van der Waals surface area contributed by atoms with Gasteiger partial charge >= 0.3 is 0 Å². The highest BCUT2D eigenvalue weighted by Crippen LogP contribution is 2.37. The second-order valence-corrected chi connectivity index (χ2v) is 4.68. The number of methoxy groups -OCH3 is 1. The number of hydrogen-bond donors (Lipinski definition) is 2. The summed E-state index contributed by atoms with van der Waals surface area (Å²) in [6.07, 6.45) is 0.709. The first-order valence-corrected chi connectivity index (χ1v) is 5.71. The molecule has 0 saturated carbocycles. The van der Waals surface area contributed by atoms with Crippen LogP contribution >= 0.6 is 28.3 Å². The first-order valence-electron chi connectivity index (χ1n) is 4.92. The van der Waals surface area contributed by atoms with Crippen LogP contribution in [0.4, 0.5) is 0 Å². The van der Waals surface area contributed by atoms with Crippen LogP contribution in [0, 0.1) is 0 Å². The number of nitrogens with two attached hydrogens (primary N) is 1. The fourth-order valence-electron chi connectivity index (χ4n) is 1.46. The average molecular weight is 323 g/mol. The van der Waals surface area contributed by atoms with Crippen molar-refractivity contribution in [1.82, 2.24) is 0 Å². The number of ether oxygens (including phenoxy) is 1. The summed E-state index contributed by atoms with van der Waals surface area (Å²) in [4.78, 5) is 0. The molecule has 0 unspecified atom stereocenters. The predicted molar refractivity (Wildman–Crippen MR) is 76.0 cm³/mol. The van der Waals surface area contributed by atoms with Gasteiger partial charge in [-0.3, -0.25) is 0 Å². The Hall–Kier alpha value is -0.710. The molecule has 17 heavy (non-hydrogen) atoms. The lowest BCUT2D eigenvalue weighted by molar-refractivity contribution is 0.371. The number of phenolic OH excluding ortho intramolecular Hbond substituents is 1. The average Bonchev–Trinajstić information content (AvgIpc) is 2.20. The Morgan fingerprint density at radius 3 is 2.65 bits per heavy atom. The van der Waals surface area contributed by atoms with E-state index >= 15 is 0 Å². The second-order valence-electron chi connectivity index (χ2n) is 3.82. The highest BCUT2D eigenvalue weighted by atomic mass is 79.9. The molecule has 0 aliphatic carbocycles. The quantitative estimate of drug-likeness (QED) is 0.834. The van der Waals surface area contributed by atoms with Crippen LogP contribution in [-0.4, -0.2) is 12.2 Å². The van der Waals surface area contributed by atoms with E-state index in [2.05, 4.69) is 22.5 Å². The molecule has 0 aromatic heterocycles. The van der Waals surface area contributed by atoms with Crippen LogP contribution in [0.3, 0.4) is 0 Å². The molecule has 0 heterocycles. The maximum absolute atomic E-state index is 9.66. The van der Waals surface area contributed by atoms with Crippen molar-refractivity contribution in [2.45, 2.75) is 19.4 Å². The van der Waals surface area contributed by atoms with Crippen LogP contribution in [0.1, 0.15) is 24.9 Å². The Morgan fingerprint density at radius 1 is 1.59 bits per heavy atom. The molecule has 5 heteroatoms. The van der Waals surface area contributed by atoms with Gasteiger partial charge < -0.3 is 15.6 Å². The van der Waals surface area contributed by atoms with Gasteiger partial charge in [0, 0.05) is 6.04 Å². The van der Waals surface area contributed by atoms with Crippen LogP contribution in [0.2, 0.25) is 0 Å². The van der Waals surface area contributed by atoms with E-state index in [0.29, 0.717) is 16.6 Å². The summed E-state index contributed by atoms with van der Waals surface area (Å²) >= 11 is 3.26. The predicted octanol–water partition coefficient (Wildman–Crippen LogP) is 3.55. The standard InChI is InChI=1S/C12H16BrNO2.ClH/c1-7(2)4-10(14)8-5-9(13)12(15)11(6-8)16-3;/h5-6,10,15H,1,4,14H2,2-3H3;1H/t10-;/m0./s1. The van der Waals surface area contributed by atoms with Crippen LogP contribution in [0.5, 0.6) is 11.5 Å². The smallest absolute Gasteiger partial charge is 0.172 e. The van der Waals surface area contributed by atoms with Crippen molar-refractivity contribution in [3.63, 3.8) is 0 Å². The molecule has 0 aliphatic rings. The second kappa shape index (κ2) is 6.89. The molecule has 1 rings (SSSR count). The minimum absolute atomic E-state index is 0. The fourth-order valence-corrected chi connectivity index (χ4v) is 1.92. The van der Waals surface area contributed by atoms with E-state index in [9.17, 15) is 5.11 Å². The Labute approximate surface area is 116 Å². The summed E-state index contributed by atoms with van der Waals surface area (Å²) < 4.78 is 5.65. The lowest BCUT2D eigenvalue weighted by atomic mass is 10.0. The van der Waals surface area contributed by atoms with Crippen molar-refractivity contribution in [3.8, 4) is 11.5 Å². The molecular weight excluding hydrogens is 305 g/mol. The van der Waals surface area contributed by atoms with Gasteiger partial charge in [0.25, 0.3) is 0 Å². The number of hydrogen-bond acceptors (Lipinski definition) is 3. The molecule has 1 aromatic carbocycles. The third-order valence-electron chi connectivity index (χ3n) is 2.27. The molecule has 1 aromatic rings. The van der Waals surface area contributed by atoms with Gasteiger partial charge in [-0.05, 0) is 47.0 Å². The van der Waals surface area contributed by atoms with Gasteiger partial charge in [-0.1, -0.05) is 5.57 Å². The SMILES string of the molecule is C=C(C)C[C@H](N)c1cc(Br)c(O)c(OC)c1.Cl. The Bertz CT molecular complexity index is 410. The molecule has 1 atom stereocenters. The fraction of sp³-hybridized carbons (Fsp3) is 0.333. The molecule has 96 valence electrons. The molecule has 3 N–H and O–H groups in total. The van der Waals surface area contributed by atoms with Crippen LogP contribution in [0.15, 0.2) is 28.8 Å². The Morgan fingerprint density at radius 2 is 2.18 bits per heavy atom. The van der Waals surface area contributed by atoms with Gasteiger partial charge in [0.15, 0.2) is 11.5 Å². The minimum Gasteiger partial charge on any atom is -0.503 e. The van der Waals surface area contributed by atoms with Crippen molar-refractivity contribution in [3.05, 3.63) is 34.3 Å².